The Morgan fingerprint density at radius 3 is 2.43 bits per heavy atom. The van der Waals surface area contributed by atoms with E-state index in [4.69, 9.17) is 21.6 Å². The lowest BCUT2D eigenvalue weighted by atomic mass is 10.2. The molecule has 0 amide bonds. The molecule has 0 N–H and O–H groups in total. The van der Waals surface area contributed by atoms with Crippen molar-refractivity contribution in [2.24, 2.45) is 0 Å². The molecule has 2 rings (SSSR count). The smallest absolute Gasteiger partial charge is 0.0944 e. The van der Waals surface area contributed by atoms with Crippen molar-refractivity contribution >= 4 is 11.6 Å². The van der Waals surface area contributed by atoms with E-state index in [2.05, 4.69) is 6.07 Å². The molecule has 1 aromatic rings. The molecule has 74 valence electrons. The molecule has 0 aromatic heterocycles. The van der Waals surface area contributed by atoms with Crippen LogP contribution >= 0.6 is 11.6 Å². The SMILES string of the molecule is ClC[C@H]1CO1.N#CCc1ccccc1. The Kier molecular flexibility index (Phi) is 5.06. The number of nitriles is 1. The van der Waals surface area contributed by atoms with Gasteiger partial charge in [-0.15, -0.1) is 11.6 Å². The fourth-order valence-corrected chi connectivity index (χ4v) is 1.02. The second-order valence-corrected chi connectivity index (χ2v) is 3.24. The summed E-state index contributed by atoms with van der Waals surface area (Å²) in [6.45, 7) is 0.878. The van der Waals surface area contributed by atoms with Gasteiger partial charge >= 0.3 is 0 Å². The van der Waals surface area contributed by atoms with Crippen LogP contribution < -0.4 is 0 Å². The fourth-order valence-electron chi connectivity index (χ4n) is 0.844. The Morgan fingerprint density at radius 1 is 1.43 bits per heavy atom. The van der Waals surface area contributed by atoms with Crippen LogP contribution in [0.15, 0.2) is 30.3 Å². The summed E-state index contributed by atoms with van der Waals surface area (Å²) in [6, 6.07) is 11.8. The molecule has 0 aliphatic carbocycles. The maximum Gasteiger partial charge on any atom is 0.0944 e. The first-order valence-electron chi connectivity index (χ1n) is 4.45. The average Bonchev–Trinajstić information content (AvgIpc) is 3.04. The summed E-state index contributed by atoms with van der Waals surface area (Å²) in [4.78, 5) is 0. The number of benzene rings is 1. The van der Waals surface area contributed by atoms with Crippen LogP contribution in [-0.2, 0) is 11.2 Å². The Hall–Kier alpha value is -1.04. The summed E-state index contributed by atoms with van der Waals surface area (Å²) in [5, 5.41) is 8.27. The minimum absolute atomic E-state index is 0.400. The van der Waals surface area contributed by atoms with Gasteiger partial charge in [0.2, 0.25) is 0 Å². The quantitative estimate of drug-likeness (QED) is 0.554. The molecule has 0 saturated carbocycles. The maximum atomic E-state index is 8.27. The Labute approximate surface area is 89.1 Å². The molecule has 0 unspecified atom stereocenters. The summed E-state index contributed by atoms with van der Waals surface area (Å²) < 4.78 is 4.73. The first-order valence-corrected chi connectivity index (χ1v) is 4.98. The summed E-state index contributed by atoms with van der Waals surface area (Å²) in [6.07, 6.45) is 0.914. The van der Waals surface area contributed by atoms with Crippen molar-refractivity contribution in [1.29, 1.82) is 5.26 Å². The maximum absolute atomic E-state index is 8.27. The van der Waals surface area contributed by atoms with Gasteiger partial charge in [0.05, 0.1) is 31.1 Å². The molecule has 1 heterocycles. The Morgan fingerprint density at radius 2 is 2.07 bits per heavy atom. The van der Waals surface area contributed by atoms with Crippen molar-refractivity contribution in [3.63, 3.8) is 0 Å². The molecular formula is C11H12ClNO. The van der Waals surface area contributed by atoms with Crippen LogP contribution in [0.25, 0.3) is 0 Å². The van der Waals surface area contributed by atoms with E-state index in [9.17, 15) is 0 Å². The number of nitrogens with zero attached hydrogens (tertiary/aromatic N) is 1. The lowest BCUT2D eigenvalue weighted by molar-refractivity contribution is 0.425. The van der Waals surface area contributed by atoms with Crippen LogP contribution in [0.5, 0.6) is 0 Å². The van der Waals surface area contributed by atoms with Gasteiger partial charge in [0.25, 0.3) is 0 Å². The van der Waals surface area contributed by atoms with Crippen LogP contribution in [-0.4, -0.2) is 18.6 Å². The molecule has 1 aliphatic heterocycles. The van der Waals surface area contributed by atoms with Crippen molar-refractivity contribution in [1.82, 2.24) is 0 Å². The summed E-state index contributed by atoms with van der Waals surface area (Å²) in [5.41, 5.74) is 1.08. The van der Waals surface area contributed by atoms with Crippen LogP contribution in [0.2, 0.25) is 0 Å². The molecule has 0 radical (unpaired) electrons. The van der Waals surface area contributed by atoms with Crippen molar-refractivity contribution in [3.05, 3.63) is 35.9 Å². The zero-order valence-corrected chi connectivity index (χ0v) is 8.57. The predicted octanol–water partition coefficient (Wildman–Crippen LogP) is 2.38. The third-order valence-electron chi connectivity index (χ3n) is 1.70. The highest BCUT2D eigenvalue weighted by molar-refractivity contribution is 6.18. The minimum Gasteiger partial charge on any atom is -0.372 e. The molecule has 3 heteroatoms. The fraction of sp³-hybridized carbons (Fsp3) is 0.364. The third-order valence-corrected chi connectivity index (χ3v) is 2.04. The Balaban J connectivity index is 0.000000165. The van der Waals surface area contributed by atoms with Gasteiger partial charge in [0, 0.05) is 0 Å². The molecule has 1 atom stereocenters. The summed E-state index contributed by atoms with van der Waals surface area (Å²) >= 11 is 5.27. The number of alkyl halides is 1. The number of epoxide rings is 1. The standard InChI is InChI=1S/C8H7N.C3H5ClO/c9-7-6-8-4-2-1-3-5-8;4-1-3-2-5-3/h1-5H,6H2;3H,1-2H2/t;3-/m.0/s1. The summed E-state index contributed by atoms with van der Waals surface area (Å²) in [5.74, 6) is 0.667. The molecule has 2 nitrogen and oxygen atoms in total. The van der Waals surface area contributed by atoms with E-state index < -0.39 is 0 Å². The number of halogens is 1. The number of rotatable bonds is 2. The number of hydrogen-bond acceptors (Lipinski definition) is 2. The molecule has 0 spiro atoms. The van der Waals surface area contributed by atoms with E-state index in [-0.39, 0.29) is 0 Å². The zero-order valence-electron chi connectivity index (χ0n) is 7.82. The van der Waals surface area contributed by atoms with Gasteiger partial charge < -0.3 is 4.74 Å². The molecular weight excluding hydrogens is 198 g/mol. The normalized spacial score (nSPS) is 17.6. The number of hydrogen-bond donors (Lipinski definition) is 0. The topological polar surface area (TPSA) is 36.3 Å². The molecule has 14 heavy (non-hydrogen) atoms. The van der Waals surface area contributed by atoms with Crippen molar-refractivity contribution in [2.45, 2.75) is 12.5 Å². The average molecular weight is 210 g/mol. The molecule has 1 saturated heterocycles. The third kappa shape index (κ3) is 4.86. The zero-order chi connectivity index (χ0) is 10.2. The highest BCUT2D eigenvalue weighted by atomic mass is 35.5. The van der Waals surface area contributed by atoms with Crippen molar-refractivity contribution in [2.75, 3.05) is 12.5 Å². The monoisotopic (exact) mass is 209 g/mol. The van der Waals surface area contributed by atoms with Gasteiger partial charge in [-0.1, -0.05) is 30.3 Å². The molecule has 1 aliphatic rings. The van der Waals surface area contributed by atoms with Crippen LogP contribution in [0, 0.1) is 11.3 Å². The highest BCUT2D eigenvalue weighted by Gasteiger charge is 2.19. The predicted molar refractivity (Wildman–Crippen MR) is 56.2 cm³/mol. The van der Waals surface area contributed by atoms with E-state index in [1.807, 2.05) is 30.3 Å². The lowest BCUT2D eigenvalue weighted by Gasteiger charge is -1.88. The van der Waals surface area contributed by atoms with E-state index in [1.165, 1.54) is 0 Å². The number of ether oxygens (including phenoxy) is 1. The second-order valence-electron chi connectivity index (χ2n) is 2.93. The van der Waals surface area contributed by atoms with E-state index in [0.717, 1.165) is 12.2 Å². The van der Waals surface area contributed by atoms with E-state index in [0.29, 0.717) is 18.4 Å². The van der Waals surface area contributed by atoms with Crippen LogP contribution in [0.1, 0.15) is 5.56 Å². The molecule has 1 aromatic carbocycles. The molecule has 1 fully saturated rings. The first-order chi connectivity index (χ1) is 6.86. The second kappa shape index (κ2) is 6.42. The van der Waals surface area contributed by atoms with Crippen molar-refractivity contribution in [3.8, 4) is 6.07 Å². The van der Waals surface area contributed by atoms with Gasteiger partial charge in [-0.2, -0.15) is 5.26 Å². The van der Waals surface area contributed by atoms with Gasteiger partial charge in [-0.05, 0) is 5.56 Å². The Bertz CT molecular complexity index is 290. The minimum atomic E-state index is 0.400. The van der Waals surface area contributed by atoms with Crippen LogP contribution in [0.4, 0.5) is 0 Å². The molecule has 0 bridgehead atoms. The largest absolute Gasteiger partial charge is 0.372 e. The highest BCUT2D eigenvalue weighted by Crippen LogP contribution is 2.08. The van der Waals surface area contributed by atoms with Gasteiger partial charge in [0.15, 0.2) is 0 Å². The van der Waals surface area contributed by atoms with E-state index >= 15 is 0 Å². The van der Waals surface area contributed by atoms with Crippen LogP contribution in [0.3, 0.4) is 0 Å². The van der Waals surface area contributed by atoms with E-state index in [1.54, 1.807) is 0 Å². The summed E-state index contributed by atoms with van der Waals surface area (Å²) in [7, 11) is 0. The van der Waals surface area contributed by atoms with Gasteiger partial charge in [0.1, 0.15) is 0 Å². The lowest BCUT2D eigenvalue weighted by Crippen LogP contribution is -1.80. The van der Waals surface area contributed by atoms with Gasteiger partial charge in [-0.25, -0.2) is 0 Å². The van der Waals surface area contributed by atoms with Gasteiger partial charge in [-0.3, -0.25) is 0 Å². The first kappa shape index (κ1) is 11.0. The van der Waals surface area contributed by atoms with Crippen molar-refractivity contribution < 1.29 is 4.74 Å².